The van der Waals surface area contributed by atoms with E-state index in [1.54, 1.807) is 11.3 Å². The molecular weight excluding hydrogens is 306 g/mol. The van der Waals surface area contributed by atoms with Gasteiger partial charge >= 0.3 is 0 Å². The lowest BCUT2D eigenvalue weighted by Gasteiger charge is -2.33. The SMILES string of the molecule is Cc1cnn(CC2CCN(c3nc(C)nc4ccsc34)CC2)c1. The van der Waals surface area contributed by atoms with Crippen LogP contribution in [0.3, 0.4) is 0 Å². The lowest BCUT2D eigenvalue weighted by Crippen LogP contribution is -2.35. The van der Waals surface area contributed by atoms with Crippen molar-refractivity contribution in [3.8, 4) is 0 Å². The fourth-order valence-electron chi connectivity index (χ4n) is 3.33. The van der Waals surface area contributed by atoms with Gasteiger partial charge < -0.3 is 4.90 Å². The molecule has 1 aliphatic heterocycles. The average Bonchev–Trinajstić information content (AvgIpc) is 3.16. The molecule has 1 fully saturated rings. The molecule has 0 radical (unpaired) electrons. The van der Waals surface area contributed by atoms with Gasteiger partial charge in [0.2, 0.25) is 0 Å². The highest BCUT2D eigenvalue weighted by atomic mass is 32.1. The van der Waals surface area contributed by atoms with Gasteiger partial charge in [0.25, 0.3) is 0 Å². The minimum Gasteiger partial charge on any atom is -0.355 e. The fraction of sp³-hybridized carbons (Fsp3) is 0.471. The molecule has 0 aromatic carbocycles. The number of fused-ring (bicyclic) bond motifs is 1. The molecule has 1 saturated heterocycles. The number of thiophene rings is 1. The monoisotopic (exact) mass is 327 g/mol. The van der Waals surface area contributed by atoms with Crippen molar-refractivity contribution in [1.29, 1.82) is 0 Å². The Morgan fingerprint density at radius 3 is 2.78 bits per heavy atom. The molecule has 0 bridgehead atoms. The third-order valence-electron chi connectivity index (χ3n) is 4.52. The van der Waals surface area contributed by atoms with Crippen LogP contribution in [-0.2, 0) is 6.54 Å². The summed E-state index contributed by atoms with van der Waals surface area (Å²) in [5.74, 6) is 2.68. The van der Waals surface area contributed by atoms with Gasteiger partial charge in [-0.3, -0.25) is 4.68 Å². The first-order chi connectivity index (χ1) is 11.2. The smallest absolute Gasteiger partial charge is 0.150 e. The number of anilines is 1. The Labute approximate surface area is 140 Å². The van der Waals surface area contributed by atoms with E-state index in [1.165, 1.54) is 23.1 Å². The van der Waals surface area contributed by atoms with E-state index in [1.807, 2.05) is 13.1 Å². The lowest BCUT2D eigenvalue weighted by molar-refractivity contribution is 0.342. The molecule has 4 heterocycles. The maximum Gasteiger partial charge on any atom is 0.150 e. The van der Waals surface area contributed by atoms with Gasteiger partial charge in [0.05, 0.1) is 16.4 Å². The number of nitrogens with zero attached hydrogens (tertiary/aromatic N) is 5. The van der Waals surface area contributed by atoms with Crippen molar-refractivity contribution < 1.29 is 0 Å². The van der Waals surface area contributed by atoms with Crippen molar-refractivity contribution in [2.75, 3.05) is 18.0 Å². The second-order valence-corrected chi connectivity index (χ2v) is 7.32. The minimum atomic E-state index is 0.701. The second-order valence-electron chi connectivity index (χ2n) is 6.40. The summed E-state index contributed by atoms with van der Waals surface area (Å²) in [6.07, 6.45) is 6.45. The van der Waals surface area contributed by atoms with Gasteiger partial charge in [-0.2, -0.15) is 5.10 Å². The van der Waals surface area contributed by atoms with Crippen LogP contribution in [0.15, 0.2) is 23.8 Å². The van der Waals surface area contributed by atoms with Crippen LogP contribution in [0.4, 0.5) is 5.82 Å². The largest absolute Gasteiger partial charge is 0.355 e. The van der Waals surface area contributed by atoms with E-state index in [9.17, 15) is 0 Å². The number of hydrogen-bond donors (Lipinski definition) is 0. The fourth-order valence-corrected chi connectivity index (χ4v) is 4.18. The first-order valence-electron chi connectivity index (χ1n) is 8.15. The Morgan fingerprint density at radius 1 is 1.22 bits per heavy atom. The Bertz CT molecular complexity index is 813. The Balaban J connectivity index is 1.47. The zero-order valence-corrected chi connectivity index (χ0v) is 14.4. The zero-order chi connectivity index (χ0) is 15.8. The number of aromatic nitrogens is 4. The maximum absolute atomic E-state index is 4.72. The van der Waals surface area contributed by atoms with Crippen molar-refractivity contribution in [1.82, 2.24) is 19.7 Å². The zero-order valence-electron chi connectivity index (χ0n) is 13.6. The summed E-state index contributed by atoms with van der Waals surface area (Å²) in [6, 6.07) is 2.09. The molecule has 0 spiro atoms. The van der Waals surface area contributed by atoms with E-state index in [2.05, 4.69) is 44.2 Å². The highest BCUT2D eigenvalue weighted by Gasteiger charge is 2.23. The molecule has 3 aromatic heterocycles. The van der Waals surface area contributed by atoms with Crippen molar-refractivity contribution in [3.63, 3.8) is 0 Å². The quantitative estimate of drug-likeness (QED) is 0.739. The van der Waals surface area contributed by atoms with Crippen LogP contribution < -0.4 is 4.90 Å². The van der Waals surface area contributed by atoms with Gasteiger partial charge in [-0.25, -0.2) is 9.97 Å². The number of hydrogen-bond acceptors (Lipinski definition) is 5. The average molecular weight is 327 g/mol. The molecule has 0 saturated carbocycles. The topological polar surface area (TPSA) is 46.8 Å². The Hall–Kier alpha value is -1.95. The maximum atomic E-state index is 4.72. The van der Waals surface area contributed by atoms with Crippen LogP contribution in [0.5, 0.6) is 0 Å². The molecule has 0 N–H and O–H groups in total. The first-order valence-corrected chi connectivity index (χ1v) is 9.03. The molecule has 3 aromatic rings. The molecule has 0 atom stereocenters. The van der Waals surface area contributed by atoms with E-state index >= 15 is 0 Å². The standard InChI is InChI=1S/C17H21N5S/c1-12-9-18-22(10-12)11-14-3-6-21(7-4-14)17-16-15(5-8-23-16)19-13(2)20-17/h5,8-10,14H,3-4,6-7,11H2,1-2H3. The van der Waals surface area contributed by atoms with Gasteiger partial charge in [-0.05, 0) is 49.6 Å². The van der Waals surface area contributed by atoms with E-state index in [4.69, 9.17) is 4.98 Å². The van der Waals surface area contributed by atoms with Gasteiger partial charge in [0, 0.05) is 25.8 Å². The molecule has 0 amide bonds. The predicted molar refractivity (Wildman–Crippen MR) is 94.1 cm³/mol. The summed E-state index contributed by atoms with van der Waals surface area (Å²) in [5.41, 5.74) is 2.31. The molecule has 23 heavy (non-hydrogen) atoms. The lowest BCUT2D eigenvalue weighted by atomic mass is 9.97. The molecule has 0 unspecified atom stereocenters. The van der Waals surface area contributed by atoms with Crippen LogP contribution in [0.1, 0.15) is 24.2 Å². The summed E-state index contributed by atoms with van der Waals surface area (Å²) in [6.45, 7) is 7.23. The van der Waals surface area contributed by atoms with E-state index in [0.717, 1.165) is 36.8 Å². The van der Waals surface area contributed by atoms with Crippen molar-refractivity contribution in [2.24, 2.45) is 5.92 Å². The summed E-state index contributed by atoms with van der Waals surface area (Å²) >= 11 is 1.74. The third kappa shape index (κ3) is 2.95. The van der Waals surface area contributed by atoms with Crippen molar-refractivity contribution in [2.45, 2.75) is 33.2 Å². The molecule has 120 valence electrons. The molecule has 1 aliphatic rings. The van der Waals surface area contributed by atoms with Crippen LogP contribution in [0.2, 0.25) is 0 Å². The number of aryl methyl sites for hydroxylation is 2. The summed E-state index contributed by atoms with van der Waals surface area (Å²) in [5, 5.41) is 6.52. The summed E-state index contributed by atoms with van der Waals surface area (Å²) in [4.78, 5) is 11.7. The van der Waals surface area contributed by atoms with Crippen LogP contribution in [-0.4, -0.2) is 32.8 Å². The van der Waals surface area contributed by atoms with Gasteiger partial charge in [-0.1, -0.05) is 0 Å². The van der Waals surface area contributed by atoms with E-state index < -0.39 is 0 Å². The molecule has 5 nitrogen and oxygen atoms in total. The normalized spacial score (nSPS) is 16.3. The van der Waals surface area contributed by atoms with Crippen LogP contribution in [0.25, 0.3) is 10.2 Å². The molecule has 6 heteroatoms. The first kappa shape index (κ1) is 14.6. The van der Waals surface area contributed by atoms with E-state index in [-0.39, 0.29) is 0 Å². The number of piperidine rings is 1. The highest BCUT2D eigenvalue weighted by molar-refractivity contribution is 7.17. The van der Waals surface area contributed by atoms with Crippen LogP contribution in [0, 0.1) is 19.8 Å². The molecule has 0 aliphatic carbocycles. The predicted octanol–water partition coefficient (Wildman–Crippen LogP) is 3.42. The van der Waals surface area contributed by atoms with Crippen LogP contribution >= 0.6 is 11.3 Å². The van der Waals surface area contributed by atoms with Gasteiger partial charge in [0.15, 0.2) is 0 Å². The highest BCUT2D eigenvalue weighted by Crippen LogP contribution is 2.31. The molecule has 4 rings (SSSR count). The third-order valence-corrected chi connectivity index (χ3v) is 5.42. The Kier molecular flexibility index (Phi) is 3.77. The van der Waals surface area contributed by atoms with Gasteiger partial charge in [-0.15, -0.1) is 11.3 Å². The van der Waals surface area contributed by atoms with E-state index in [0.29, 0.717) is 5.92 Å². The second kappa shape index (κ2) is 5.92. The van der Waals surface area contributed by atoms with Gasteiger partial charge in [0.1, 0.15) is 11.6 Å². The minimum absolute atomic E-state index is 0.701. The van der Waals surface area contributed by atoms with Crippen molar-refractivity contribution >= 4 is 27.4 Å². The summed E-state index contributed by atoms with van der Waals surface area (Å²) in [7, 11) is 0. The Morgan fingerprint density at radius 2 is 2.04 bits per heavy atom. The van der Waals surface area contributed by atoms with Crippen molar-refractivity contribution in [3.05, 3.63) is 35.2 Å². The number of rotatable bonds is 3. The molecular formula is C17H21N5S. The summed E-state index contributed by atoms with van der Waals surface area (Å²) < 4.78 is 3.30.